The van der Waals surface area contributed by atoms with Crippen LogP contribution in [0.2, 0.25) is 0 Å². The second-order valence-electron chi connectivity index (χ2n) is 3.98. The van der Waals surface area contributed by atoms with Crippen LogP contribution in [0.3, 0.4) is 0 Å². The number of rotatable bonds is 5. The van der Waals surface area contributed by atoms with E-state index in [0.717, 1.165) is 0 Å². The Morgan fingerprint density at radius 3 is 2.00 bits per heavy atom. The molecular weight excluding hydrogens is 281 g/mol. The van der Waals surface area contributed by atoms with Crippen molar-refractivity contribution in [2.75, 3.05) is 0 Å². The van der Waals surface area contributed by atoms with E-state index in [4.69, 9.17) is 23.2 Å². The van der Waals surface area contributed by atoms with Gasteiger partial charge in [-0.25, -0.2) is 0 Å². The molecule has 7 heteroatoms. The molecule has 0 aliphatic rings. The van der Waals surface area contributed by atoms with Crippen molar-refractivity contribution in [3.05, 3.63) is 39.9 Å². The van der Waals surface area contributed by atoms with Gasteiger partial charge < -0.3 is 0 Å². The van der Waals surface area contributed by atoms with Crippen LogP contribution in [0.25, 0.3) is 0 Å². The normalized spacial score (nSPS) is 11.1. The second kappa shape index (κ2) is 5.46. The van der Waals surface area contributed by atoms with Crippen LogP contribution in [0.15, 0.2) is 24.3 Å². The lowest BCUT2D eigenvalue weighted by Crippen LogP contribution is -2.33. The Labute approximate surface area is 113 Å². The number of carbonyl (C=O) groups excluding carboxylic acids is 2. The summed E-state index contributed by atoms with van der Waals surface area (Å²) in [5, 5.41) is 8.75. The third-order valence-electron chi connectivity index (χ3n) is 2.57. The summed E-state index contributed by atoms with van der Waals surface area (Å²) >= 11 is 10.7. The fraction of sp³-hybridized carbons (Fsp3) is 0.273. The Hall–Kier alpha value is -1.46. The van der Waals surface area contributed by atoms with E-state index in [2.05, 4.69) is 0 Å². The molecule has 0 aromatic heterocycles. The lowest BCUT2D eigenvalue weighted by Gasteiger charge is -2.20. The van der Waals surface area contributed by atoms with Crippen molar-refractivity contribution in [3.63, 3.8) is 0 Å². The van der Waals surface area contributed by atoms with E-state index in [1.54, 1.807) is 0 Å². The minimum absolute atomic E-state index is 0.00430. The summed E-state index contributed by atoms with van der Waals surface area (Å²) in [5.74, 6) is 0. The molecule has 0 unspecified atom stereocenters. The average molecular weight is 290 g/mol. The number of non-ortho nitro benzene ring substituents is 1. The summed E-state index contributed by atoms with van der Waals surface area (Å²) in [4.78, 5) is 32.4. The summed E-state index contributed by atoms with van der Waals surface area (Å²) in [6.07, 6.45) is -0.00430. The van der Waals surface area contributed by atoms with Crippen molar-refractivity contribution in [1.82, 2.24) is 0 Å². The molecule has 0 aliphatic heterocycles. The van der Waals surface area contributed by atoms with E-state index in [-0.39, 0.29) is 12.1 Å². The lowest BCUT2D eigenvalue weighted by atomic mass is 9.86. The molecule has 0 saturated carbocycles. The second-order valence-corrected chi connectivity index (χ2v) is 4.67. The summed E-state index contributed by atoms with van der Waals surface area (Å²) < 4.78 is 0. The fourth-order valence-electron chi connectivity index (χ4n) is 1.36. The maximum absolute atomic E-state index is 11.2. The lowest BCUT2D eigenvalue weighted by molar-refractivity contribution is -0.384. The average Bonchev–Trinajstić information content (AvgIpc) is 2.29. The van der Waals surface area contributed by atoms with Gasteiger partial charge in [0.15, 0.2) is 0 Å². The third-order valence-corrected chi connectivity index (χ3v) is 3.41. The predicted octanol–water partition coefficient (Wildman–Crippen LogP) is 2.67. The van der Waals surface area contributed by atoms with Crippen molar-refractivity contribution in [3.8, 4) is 0 Å². The fourth-order valence-corrected chi connectivity index (χ4v) is 1.71. The van der Waals surface area contributed by atoms with Crippen LogP contribution in [-0.2, 0) is 16.0 Å². The molecular formula is C11H9Cl2NO4. The topological polar surface area (TPSA) is 77.3 Å². The van der Waals surface area contributed by atoms with E-state index in [1.807, 2.05) is 0 Å². The SMILES string of the molecule is CC(Cc1ccc([N+](=O)[O-])cc1)(C(=O)Cl)C(=O)Cl. The number of nitro groups is 1. The van der Waals surface area contributed by atoms with E-state index >= 15 is 0 Å². The molecule has 0 heterocycles. The van der Waals surface area contributed by atoms with Crippen LogP contribution >= 0.6 is 23.2 Å². The van der Waals surface area contributed by atoms with Gasteiger partial charge in [0.2, 0.25) is 10.5 Å². The number of halogens is 2. The molecule has 0 saturated heterocycles. The van der Waals surface area contributed by atoms with Crippen LogP contribution in [0.4, 0.5) is 5.69 Å². The largest absolute Gasteiger partial charge is 0.280 e. The Morgan fingerprint density at radius 1 is 1.22 bits per heavy atom. The first kappa shape index (κ1) is 14.6. The first-order valence-corrected chi connectivity index (χ1v) is 5.66. The van der Waals surface area contributed by atoms with E-state index < -0.39 is 20.8 Å². The van der Waals surface area contributed by atoms with Gasteiger partial charge in [0.25, 0.3) is 5.69 Å². The first-order valence-electron chi connectivity index (χ1n) is 4.90. The monoisotopic (exact) mass is 289 g/mol. The van der Waals surface area contributed by atoms with Gasteiger partial charge in [-0.2, -0.15) is 0 Å². The number of nitro benzene ring substituents is 1. The zero-order chi connectivity index (χ0) is 13.9. The highest BCUT2D eigenvalue weighted by Gasteiger charge is 2.39. The molecule has 0 aliphatic carbocycles. The Kier molecular flexibility index (Phi) is 4.43. The quantitative estimate of drug-likeness (QED) is 0.361. The van der Waals surface area contributed by atoms with Crippen molar-refractivity contribution >= 4 is 39.4 Å². The number of hydrogen-bond donors (Lipinski definition) is 0. The smallest absolute Gasteiger partial charge is 0.269 e. The predicted molar refractivity (Wildman–Crippen MR) is 66.6 cm³/mol. The van der Waals surface area contributed by atoms with Gasteiger partial charge in [0.05, 0.1) is 4.92 Å². The summed E-state index contributed by atoms with van der Waals surface area (Å²) in [6, 6.07) is 5.48. The van der Waals surface area contributed by atoms with Gasteiger partial charge in [0, 0.05) is 12.1 Å². The molecule has 5 nitrogen and oxygen atoms in total. The molecule has 0 atom stereocenters. The molecule has 1 aromatic rings. The van der Waals surface area contributed by atoms with Crippen molar-refractivity contribution in [2.45, 2.75) is 13.3 Å². The van der Waals surface area contributed by atoms with Gasteiger partial charge in [0.1, 0.15) is 5.41 Å². The molecule has 1 aromatic carbocycles. The van der Waals surface area contributed by atoms with Crippen LogP contribution < -0.4 is 0 Å². The third kappa shape index (κ3) is 3.05. The Bertz CT molecular complexity index is 484. The van der Waals surface area contributed by atoms with Crippen LogP contribution in [0.1, 0.15) is 12.5 Å². The minimum atomic E-state index is -1.53. The number of benzene rings is 1. The zero-order valence-electron chi connectivity index (χ0n) is 9.35. The van der Waals surface area contributed by atoms with Crippen molar-refractivity contribution < 1.29 is 14.5 Å². The summed E-state index contributed by atoms with van der Waals surface area (Å²) in [5.41, 5.74) is -1.04. The molecule has 0 fully saturated rings. The van der Waals surface area contributed by atoms with Crippen LogP contribution in [0.5, 0.6) is 0 Å². The maximum atomic E-state index is 11.2. The molecule has 0 radical (unpaired) electrons. The van der Waals surface area contributed by atoms with E-state index in [9.17, 15) is 19.7 Å². The molecule has 0 N–H and O–H groups in total. The number of carbonyl (C=O) groups is 2. The standard InChI is InChI=1S/C11H9Cl2NO4/c1-11(9(12)15,10(13)16)6-7-2-4-8(5-3-7)14(17)18/h2-5H,6H2,1H3. The zero-order valence-corrected chi connectivity index (χ0v) is 10.9. The summed E-state index contributed by atoms with van der Waals surface area (Å²) in [7, 11) is 0. The van der Waals surface area contributed by atoms with Crippen molar-refractivity contribution in [2.24, 2.45) is 5.41 Å². The van der Waals surface area contributed by atoms with Crippen LogP contribution in [-0.4, -0.2) is 15.4 Å². The van der Waals surface area contributed by atoms with Gasteiger partial charge in [-0.3, -0.25) is 19.7 Å². The highest BCUT2D eigenvalue weighted by atomic mass is 35.5. The van der Waals surface area contributed by atoms with E-state index in [1.165, 1.54) is 31.2 Å². The highest BCUT2D eigenvalue weighted by molar-refractivity contribution is 6.74. The first-order chi connectivity index (χ1) is 8.27. The van der Waals surface area contributed by atoms with Gasteiger partial charge in [-0.1, -0.05) is 12.1 Å². The minimum Gasteiger partial charge on any atom is -0.280 e. The van der Waals surface area contributed by atoms with Crippen LogP contribution in [0, 0.1) is 15.5 Å². The Morgan fingerprint density at radius 2 is 1.67 bits per heavy atom. The number of nitrogens with zero attached hydrogens (tertiary/aromatic N) is 1. The van der Waals surface area contributed by atoms with E-state index in [0.29, 0.717) is 5.56 Å². The molecule has 0 spiro atoms. The van der Waals surface area contributed by atoms with Gasteiger partial charge in [-0.05, 0) is 42.1 Å². The maximum Gasteiger partial charge on any atom is 0.269 e. The number of hydrogen-bond acceptors (Lipinski definition) is 4. The molecule has 1 rings (SSSR count). The molecule has 0 amide bonds. The van der Waals surface area contributed by atoms with Crippen molar-refractivity contribution in [1.29, 1.82) is 0 Å². The molecule has 0 bridgehead atoms. The highest BCUT2D eigenvalue weighted by Crippen LogP contribution is 2.29. The van der Waals surface area contributed by atoms with Gasteiger partial charge >= 0.3 is 0 Å². The Balaban J connectivity index is 2.99. The summed E-state index contributed by atoms with van der Waals surface area (Å²) in [6.45, 7) is 1.33. The van der Waals surface area contributed by atoms with Gasteiger partial charge in [-0.15, -0.1) is 0 Å². The molecule has 96 valence electrons. The molecule has 18 heavy (non-hydrogen) atoms.